The third kappa shape index (κ3) is 4.62. The molecule has 2 rings (SSSR count). The van der Waals surface area contributed by atoms with Crippen LogP contribution >= 0.6 is 11.6 Å². The van der Waals surface area contributed by atoms with Gasteiger partial charge >= 0.3 is 0 Å². The summed E-state index contributed by atoms with van der Waals surface area (Å²) in [5.74, 6) is -2.65. The average molecular weight is 319 g/mol. The Morgan fingerprint density at radius 1 is 1.29 bits per heavy atom. The fourth-order valence-electron chi connectivity index (χ4n) is 2.12. The molecule has 21 heavy (non-hydrogen) atoms. The number of nitrogens with zero attached hydrogens (tertiary/aromatic N) is 1. The van der Waals surface area contributed by atoms with Gasteiger partial charge in [-0.1, -0.05) is 11.6 Å². The maximum atomic E-state index is 13.1. The van der Waals surface area contributed by atoms with Crippen LogP contribution in [0.1, 0.15) is 16.8 Å². The molecule has 0 spiro atoms. The smallest absolute Gasteiger partial charge is 0.252 e. The summed E-state index contributed by atoms with van der Waals surface area (Å²) < 4.78 is 31.3. The molecule has 116 valence electrons. The lowest BCUT2D eigenvalue weighted by molar-refractivity contribution is 0.0374. The van der Waals surface area contributed by atoms with Gasteiger partial charge in [-0.25, -0.2) is 8.78 Å². The molecule has 7 heteroatoms. The molecular weight excluding hydrogens is 302 g/mol. The second kappa shape index (κ2) is 7.68. The average Bonchev–Trinajstić information content (AvgIpc) is 2.48. The minimum atomic E-state index is -1.09. The number of carbonyl (C=O) groups is 1. The number of hydrogen-bond donors (Lipinski definition) is 1. The standard InChI is InChI=1S/C14H17ClF2N2O2/c15-11-9-13(17)12(16)8-10(11)14(20)18-2-1-3-19-4-6-21-7-5-19/h8-9H,1-7H2,(H,18,20). The van der Waals surface area contributed by atoms with Gasteiger partial charge in [0.15, 0.2) is 11.6 Å². The molecule has 0 unspecified atom stereocenters. The lowest BCUT2D eigenvalue weighted by atomic mass is 10.2. The van der Waals surface area contributed by atoms with Crippen LogP contribution in [-0.4, -0.2) is 50.2 Å². The summed E-state index contributed by atoms with van der Waals surface area (Å²) in [4.78, 5) is 14.1. The van der Waals surface area contributed by atoms with Crippen LogP contribution in [0.25, 0.3) is 0 Å². The van der Waals surface area contributed by atoms with Crippen LogP contribution in [0, 0.1) is 11.6 Å². The summed E-state index contributed by atoms with van der Waals surface area (Å²) in [6.45, 7) is 4.56. The first-order valence-electron chi connectivity index (χ1n) is 6.81. The number of halogens is 3. The van der Waals surface area contributed by atoms with E-state index in [1.165, 1.54) is 0 Å². The third-order valence-electron chi connectivity index (χ3n) is 3.29. The molecule has 1 aromatic rings. The predicted octanol–water partition coefficient (Wildman–Crippen LogP) is 2.07. The maximum Gasteiger partial charge on any atom is 0.252 e. The first-order valence-corrected chi connectivity index (χ1v) is 7.18. The Balaban J connectivity index is 1.78. The van der Waals surface area contributed by atoms with Crippen LogP contribution in [0.15, 0.2) is 12.1 Å². The van der Waals surface area contributed by atoms with Crippen LogP contribution in [0.4, 0.5) is 8.78 Å². The number of amides is 1. The quantitative estimate of drug-likeness (QED) is 0.667. The molecule has 1 amide bonds. The number of carbonyl (C=O) groups excluding carboxylic acids is 1. The van der Waals surface area contributed by atoms with Crippen LogP contribution < -0.4 is 5.32 Å². The van der Waals surface area contributed by atoms with Crippen molar-refractivity contribution in [2.75, 3.05) is 39.4 Å². The Morgan fingerprint density at radius 3 is 2.67 bits per heavy atom. The molecule has 0 radical (unpaired) electrons. The molecular formula is C14H17ClF2N2O2. The topological polar surface area (TPSA) is 41.6 Å². The van der Waals surface area contributed by atoms with Crippen molar-refractivity contribution in [1.29, 1.82) is 0 Å². The third-order valence-corrected chi connectivity index (χ3v) is 3.61. The van der Waals surface area contributed by atoms with E-state index in [2.05, 4.69) is 10.2 Å². The number of rotatable bonds is 5. The molecule has 4 nitrogen and oxygen atoms in total. The van der Waals surface area contributed by atoms with Crippen molar-refractivity contribution in [3.63, 3.8) is 0 Å². The van der Waals surface area contributed by atoms with E-state index in [0.29, 0.717) is 6.54 Å². The zero-order chi connectivity index (χ0) is 15.2. The van der Waals surface area contributed by atoms with Crippen molar-refractivity contribution >= 4 is 17.5 Å². The molecule has 1 aliphatic heterocycles. The number of hydrogen-bond acceptors (Lipinski definition) is 3. The summed E-state index contributed by atoms with van der Waals surface area (Å²) in [6, 6.07) is 1.62. The molecule has 1 saturated heterocycles. The van der Waals surface area contributed by atoms with E-state index in [0.717, 1.165) is 51.4 Å². The Bertz CT molecular complexity index is 508. The van der Waals surface area contributed by atoms with Crippen molar-refractivity contribution in [3.8, 4) is 0 Å². The summed E-state index contributed by atoms with van der Waals surface area (Å²) in [7, 11) is 0. The van der Waals surface area contributed by atoms with E-state index in [9.17, 15) is 13.6 Å². The summed E-state index contributed by atoms with van der Waals surface area (Å²) in [5.41, 5.74) is -0.0538. The largest absolute Gasteiger partial charge is 0.379 e. The second-order valence-corrected chi connectivity index (χ2v) is 5.22. The first kappa shape index (κ1) is 16.1. The van der Waals surface area contributed by atoms with Gasteiger partial charge in [0.25, 0.3) is 5.91 Å². The minimum absolute atomic E-state index is 0.0538. The number of benzene rings is 1. The van der Waals surface area contributed by atoms with Gasteiger partial charge < -0.3 is 10.1 Å². The van der Waals surface area contributed by atoms with Gasteiger partial charge in [-0.2, -0.15) is 0 Å². The highest BCUT2D eigenvalue weighted by Crippen LogP contribution is 2.19. The molecule has 0 saturated carbocycles. The van der Waals surface area contributed by atoms with Crippen molar-refractivity contribution in [3.05, 3.63) is 34.4 Å². The molecule has 1 aliphatic rings. The summed E-state index contributed by atoms with van der Waals surface area (Å²) >= 11 is 5.74. The highest BCUT2D eigenvalue weighted by Gasteiger charge is 2.15. The summed E-state index contributed by atoms with van der Waals surface area (Å²) in [6.07, 6.45) is 0.771. The van der Waals surface area contributed by atoms with E-state index in [1.54, 1.807) is 0 Å². The van der Waals surface area contributed by atoms with E-state index < -0.39 is 17.5 Å². The van der Waals surface area contributed by atoms with Gasteiger partial charge in [0.2, 0.25) is 0 Å². The predicted molar refractivity (Wildman–Crippen MR) is 75.6 cm³/mol. The molecule has 0 aromatic heterocycles. The Labute approximate surface area is 127 Å². The zero-order valence-electron chi connectivity index (χ0n) is 11.5. The number of nitrogens with one attached hydrogen (secondary N) is 1. The van der Waals surface area contributed by atoms with Crippen LogP contribution in [0.2, 0.25) is 5.02 Å². The summed E-state index contributed by atoms with van der Waals surface area (Å²) in [5, 5.41) is 2.56. The van der Waals surface area contributed by atoms with Crippen molar-refractivity contribution in [2.24, 2.45) is 0 Å². The van der Waals surface area contributed by atoms with E-state index in [4.69, 9.17) is 16.3 Å². The molecule has 1 aromatic carbocycles. The number of ether oxygens (including phenoxy) is 1. The normalized spacial score (nSPS) is 16.0. The molecule has 1 N–H and O–H groups in total. The van der Waals surface area contributed by atoms with Crippen LogP contribution in [-0.2, 0) is 4.74 Å². The van der Waals surface area contributed by atoms with Gasteiger partial charge in [0.05, 0.1) is 23.8 Å². The minimum Gasteiger partial charge on any atom is -0.379 e. The van der Waals surface area contributed by atoms with Gasteiger partial charge in [0, 0.05) is 19.6 Å². The van der Waals surface area contributed by atoms with E-state index >= 15 is 0 Å². The lowest BCUT2D eigenvalue weighted by Gasteiger charge is -2.26. The van der Waals surface area contributed by atoms with Gasteiger partial charge in [-0.15, -0.1) is 0 Å². The molecule has 0 aliphatic carbocycles. The van der Waals surface area contributed by atoms with Crippen molar-refractivity contribution in [2.45, 2.75) is 6.42 Å². The van der Waals surface area contributed by atoms with E-state index in [1.807, 2.05) is 0 Å². The maximum absolute atomic E-state index is 13.1. The fraction of sp³-hybridized carbons (Fsp3) is 0.500. The fourth-order valence-corrected chi connectivity index (χ4v) is 2.36. The Hall–Kier alpha value is -1.24. The molecule has 1 fully saturated rings. The van der Waals surface area contributed by atoms with Gasteiger partial charge in [-0.3, -0.25) is 9.69 Å². The van der Waals surface area contributed by atoms with E-state index in [-0.39, 0.29) is 10.6 Å². The van der Waals surface area contributed by atoms with Gasteiger partial charge in [0.1, 0.15) is 0 Å². The SMILES string of the molecule is O=C(NCCCN1CCOCC1)c1cc(F)c(F)cc1Cl. The lowest BCUT2D eigenvalue weighted by Crippen LogP contribution is -2.38. The Morgan fingerprint density at radius 2 is 1.95 bits per heavy atom. The molecule has 0 atom stereocenters. The Kier molecular flexibility index (Phi) is 5.90. The highest BCUT2D eigenvalue weighted by atomic mass is 35.5. The number of morpholine rings is 1. The van der Waals surface area contributed by atoms with Crippen molar-refractivity contribution in [1.82, 2.24) is 10.2 Å². The first-order chi connectivity index (χ1) is 10.1. The zero-order valence-corrected chi connectivity index (χ0v) is 12.3. The molecule has 0 bridgehead atoms. The van der Waals surface area contributed by atoms with Crippen LogP contribution in [0.5, 0.6) is 0 Å². The monoisotopic (exact) mass is 318 g/mol. The second-order valence-electron chi connectivity index (χ2n) is 4.81. The van der Waals surface area contributed by atoms with Gasteiger partial charge in [-0.05, 0) is 25.1 Å². The van der Waals surface area contributed by atoms with Crippen LogP contribution in [0.3, 0.4) is 0 Å². The van der Waals surface area contributed by atoms with Crippen molar-refractivity contribution < 1.29 is 18.3 Å². The molecule has 1 heterocycles. The highest BCUT2D eigenvalue weighted by molar-refractivity contribution is 6.33.